The van der Waals surface area contributed by atoms with Gasteiger partial charge in [0.05, 0.1) is 0 Å². The molecule has 0 saturated carbocycles. The molecule has 1 heterocycles. The second-order valence-electron chi connectivity index (χ2n) is 4.42. The molecular weight excluding hydrogens is 417 g/mol. The number of halogens is 3. The molecule has 0 saturated heterocycles. The summed E-state index contributed by atoms with van der Waals surface area (Å²) in [5, 5.41) is 2.69. The van der Waals surface area contributed by atoms with Crippen LogP contribution in [0.1, 0.15) is 18.5 Å². The Labute approximate surface area is 146 Å². The molecule has 0 radical (unpaired) electrons. The molecule has 1 unspecified atom stereocenters. The molecule has 0 aliphatic carbocycles. The van der Waals surface area contributed by atoms with Crippen molar-refractivity contribution in [3.05, 3.63) is 49.7 Å². The van der Waals surface area contributed by atoms with Crippen molar-refractivity contribution < 1.29 is 8.42 Å². The van der Waals surface area contributed by atoms with Crippen molar-refractivity contribution in [3.63, 3.8) is 0 Å². The number of hydrogen-bond acceptors (Lipinski definition) is 3. The third-order valence-electron chi connectivity index (χ3n) is 3.16. The van der Waals surface area contributed by atoms with Gasteiger partial charge >= 0.3 is 0 Å². The highest BCUT2D eigenvalue weighted by Crippen LogP contribution is 2.35. The van der Waals surface area contributed by atoms with E-state index >= 15 is 0 Å². The summed E-state index contributed by atoms with van der Waals surface area (Å²) in [5.41, 5.74) is 0.708. The second-order valence-corrected chi connectivity index (χ2v) is 9.23. The van der Waals surface area contributed by atoms with Gasteiger partial charge in [-0.25, -0.2) is 8.42 Å². The molecule has 21 heavy (non-hydrogen) atoms. The van der Waals surface area contributed by atoms with E-state index in [-0.39, 0.29) is 4.21 Å². The average molecular weight is 429 g/mol. The van der Waals surface area contributed by atoms with E-state index in [1.807, 2.05) is 0 Å². The number of benzene rings is 1. The summed E-state index contributed by atoms with van der Waals surface area (Å²) in [4.78, 5) is 0. The fourth-order valence-corrected chi connectivity index (χ4v) is 6.23. The molecule has 0 N–H and O–H groups in total. The Balaban J connectivity index is 2.39. The lowest BCUT2D eigenvalue weighted by molar-refractivity contribution is 0.399. The summed E-state index contributed by atoms with van der Waals surface area (Å²) in [6.45, 7) is 1.79. The summed E-state index contributed by atoms with van der Waals surface area (Å²) in [6, 6.07) is 6.35. The summed E-state index contributed by atoms with van der Waals surface area (Å²) in [5.74, 6) is 0. The van der Waals surface area contributed by atoms with Gasteiger partial charge in [0.1, 0.15) is 4.21 Å². The van der Waals surface area contributed by atoms with Crippen LogP contribution in [0.25, 0.3) is 0 Å². The quantitative estimate of drug-likeness (QED) is 0.670. The van der Waals surface area contributed by atoms with Crippen molar-refractivity contribution >= 4 is 60.5 Å². The van der Waals surface area contributed by atoms with Gasteiger partial charge in [0.2, 0.25) is 0 Å². The van der Waals surface area contributed by atoms with Crippen LogP contribution in [0, 0.1) is 0 Å². The van der Waals surface area contributed by atoms with Crippen LogP contribution in [0.5, 0.6) is 0 Å². The highest BCUT2D eigenvalue weighted by Gasteiger charge is 2.30. The van der Waals surface area contributed by atoms with Crippen LogP contribution in [-0.4, -0.2) is 19.8 Å². The minimum Gasteiger partial charge on any atom is -0.206 e. The molecule has 8 heteroatoms. The zero-order valence-corrected chi connectivity index (χ0v) is 15.9. The molecule has 0 amide bonds. The fraction of sp³-hybridized carbons (Fsp3) is 0.231. The standard InChI is InChI=1S/C13H12BrCl2NO2S2/c1-8(10-4-3-9(15)7-12(10)16)17(2)21(18,19)13-11(14)5-6-20-13/h3-8H,1-2H3. The lowest BCUT2D eigenvalue weighted by atomic mass is 10.1. The molecule has 0 spiro atoms. The molecule has 1 aromatic carbocycles. The molecule has 2 aromatic rings. The van der Waals surface area contributed by atoms with E-state index in [1.54, 1.807) is 36.6 Å². The molecule has 0 fully saturated rings. The molecule has 3 nitrogen and oxygen atoms in total. The lowest BCUT2D eigenvalue weighted by Crippen LogP contribution is -2.29. The van der Waals surface area contributed by atoms with E-state index in [0.29, 0.717) is 20.1 Å². The first-order chi connectivity index (χ1) is 9.75. The molecule has 114 valence electrons. The van der Waals surface area contributed by atoms with E-state index in [1.165, 1.54) is 22.7 Å². The predicted molar refractivity (Wildman–Crippen MR) is 91.8 cm³/mol. The van der Waals surface area contributed by atoms with Gasteiger partial charge in [0.15, 0.2) is 0 Å². The predicted octanol–water partition coefficient (Wildman–Crippen LogP) is 5.20. The van der Waals surface area contributed by atoms with Gasteiger partial charge in [0, 0.05) is 27.6 Å². The van der Waals surface area contributed by atoms with Crippen molar-refractivity contribution in [2.75, 3.05) is 7.05 Å². The first kappa shape index (κ1) is 17.2. The van der Waals surface area contributed by atoms with Crippen LogP contribution >= 0.6 is 50.5 Å². The molecule has 2 rings (SSSR count). The Morgan fingerprint density at radius 1 is 1.29 bits per heavy atom. The fourth-order valence-electron chi connectivity index (χ4n) is 1.84. The van der Waals surface area contributed by atoms with Crippen LogP contribution < -0.4 is 0 Å². The number of nitrogens with zero attached hydrogens (tertiary/aromatic N) is 1. The van der Waals surface area contributed by atoms with Gasteiger partial charge in [-0.1, -0.05) is 29.3 Å². The molecule has 1 atom stereocenters. The topological polar surface area (TPSA) is 37.4 Å². The Morgan fingerprint density at radius 3 is 2.48 bits per heavy atom. The minimum atomic E-state index is -3.59. The minimum absolute atomic E-state index is 0.280. The molecule has 0 aliphatic heterocycles. The second kappa shape index (κ2) is 6.56. The normalized spacial score (nSPS) is 13.6. The third-order valence-corrected chi connectivity index (χ3v) is 8.29. The Morgan fingerprint density at radius 2 is 1.95 bits per heavy atom. The number of rotatable bonds is 4. The average Bonchev–Trinajstić information content (AvgIpc) is 2.84. The van der Waals surface area contributed by atoms with E-state index in [9.17, 15) is 8.42 Å². The van der Waals surface area contributed by atoms with Crippen molar-refractivity contribution in [2.24, 2.45) is 0 Å². The van der Waals surface area contributed by atoms with Gasteiger partial charge in [-0.15, -0.1) is 11.3 Å². The van der Waals surface area contributed by atoms with Crippen LogP contribution in [0.15, 0.2) is 38.3 Å². The van der Waals surface area contributed by atoms with Gasteiger partial charge in [0.25, 0.3) is 10.0 Å². The Bertz CT molecular complexity index is 761. The highest BCUT2D eigenvalue weighted by molar-refractivity contribution is 9.10. The molecule has 0 bridgehead atoms. The monoisotopic (exact) mass is 427 g/mol. The zero-order valence-electron chi connectivity index (χ0n) is 11.2. The zero-order chi connectivity index (χ0) is 15.8. The van der Waals surface area contributed by atoms with Crippen LogP contribution in [-0.2, 0) is 10.0 Å². The summed E-state index contributed by atoms with van der Waals surface area (Å²) >= 11 is 16.5. The van der Waals surface area contributed by atoms with Crippen LogP contribution in [0.3, 0.4) is 0 Å². The lowest BCUT2D eigenvalue weighted by Gasteiger charge is -2.25. The maximum absolute atomic E-state index is 12.6. The molecule has 1 aromatic heterocycles. The largest absolute Gasteiger partial charge is 0.253 e. The number of sulfonamides is 1. The first-order valence-corrected chi connectivity index (χ1v) is 9.78. The maximum atomic E-state index is 12.6. The summed E-state index contributed by atoms with van der Waals surface area (Å²) in [7, 11) is -2.05. The van der Waals surface area contributed by atoms with Gasteiger partial charge < -0.3 is 0 Å². The summed E-state index contributed by atoms with van der Waals surface area (Å²) in [6.07, 6.45) is 0. The molecular formula is C13H12BrCl2NO2S2. The molecule has 0 aliphatic rings. The highest BCUT2D eigenvalue weighted by atomic mass is 79.9. The number of thiophene rings is 1. The third kappa shape index (κ3) is 3.46. The smallest absolute Gasteiger partial charge is 0.206 e. The van der Waals surface area contributed by atoms with Gasteiger partial charge in [-0.05, 0) is 52.0 Å². The van der Waals surface area contributed by atoms with Crippen molar-refractivity contribution in [1.29, 1.82) is 0 Å². The Hall–Kier alpha value is -0.110. The van der Waals surface area contributed by atoms with Gasteiger partial charge in [-0.2, -0.15) is 4.31 Å². The van der Waals surface area contributed by atoms with Crippen molar-refractivity contribution in [3.8, 4) is 0 Å². The SMILES string of the molecule is CC(c1ccc(Cl)cc1Cl)N(C)S(=O)(=O)c1sccc1Br. The van der Waals surface area contributed by atoms with E-state index in [2.05, 4.69) is 15.9 Å². The van der Waals surface area contributed by atoms with Crippen LogP contribution in [0.4, 0.5) is 0 Å². The maximum Gasteiger partial charge on any atom is 0.253 e. The number of hydrogen-bond donors (Lipinski definition) is 0. The Kier molecular flexibility index (Phi) is 5.39. The van der Waals surface area contributed by atoms with E-state index in [4.69, 9.17) is 23.2 Å². The first-order valence-electron chi connectivity index (χ1n) is 5.91. The van der Waals surface area contributed by atoms with Crippen LogP contribution in [0.2, 0.25) is 10.0 Å². The van der Waals surface area contributed by atoms with Gasteiger partial charge in [-0.3, -0.25) is 0 Å². The summed E-state index contributed by atoms with van der Waals surface area (Å²) < 4.78 is 27.4. The van der Waals surface area contributed by atoms with Crippen molar-refractivity contribution in [1.82, 2.24) is 4.31 Å². The van der Waals surface area contributed by atoms with E-state index in [0.717, 1.165) is 0 Å². The van der Waals surface area contributed by atoms with Crippen molar-refractivity contribution in [2.45, 2.75) is 17.2 Å². The van der Waals surface area contributed by atoms with E-state index < -0.39 is 16.1 Å².